The summed E-state index contributed by atoms with van der Waals surface area (Å²) in [6.07, 6.45) is 3.77. The molecule has 35 heavy (non-hydrogen) atoms. The fraction of sp³-hybridized carbons (Fsp3) is 0.333. The molecule has 1 saturated heterocycles. The highest BCUT2D eigenvalue weighted by atomic mass is 19.1. The van der Waals surface area contributed by atoms with Crippen LogP contribution >= 0.6 is 0 Å². The first-order chi connectivity index (χ1) is 16.9. The summed E-state index contributed by atoms with van der Waals surface area (Å²) in [4.78, 5) is 17.3. The second-order valence-corrected chi connectivity index (χ2v) is 9.00. The Morgan fingerprint density at radius 3 is 2.43 bits per heavy atom. The SMILES string of the molecule is Cc1ccc(C(c2ccc(F)cc2)[C@H](N)C(=O)Nc2cncc(F)c2CC[C@H]2CNCCN2)cc1. The fourth-order valence-corrected chi connectivity index (χ4v) is 4.48. The van der Waals surface area contributed by atoms with Crippen molar-refractivity contribution in [2.45, 2.75) is 37.8 Å². The Hall–Kier alpha value is -3.20. The Morgan fingerprint density at radius 1 is 1.09 bits per heavy atom. The van der Waals surface area contributed by atoms with Crippen molar-refractivity contribution in [2.75, 3.05) is 25.0 Å². The number of anilines is 1. The highest BCUT2D eigenvalue weighted by Gasteiger charge is 2.29. The molecular formula is C27H31F2N5O. The number of hydrogen-bond donors (Lipinski definition) is 4. The summed E-state index contributed by atoms with van der Waals surface area (Å²) in [6, 6.07) is 12.9. The van der Waals surface area contributed by atoms with Crippen molar-refractivity contribution in [1.29, 1.82) is 0 Å². The number of nitrogens with two attached hydrogens (primary N) is 1. The van der Waals surface area contributed by atoms with Gasteiger partial charge in [-0.2, -0.15) is 0 Å². The molecule has 8 heteroatoms. The standard InChI is InChI=1S/C27H31F2N5O/c1-17-2-4-18(5-3-17)25(19-6-8-20(28)9-7-19)26(30)27(35)34-24-16-32-15-23(29)22(24)11-10-21-14-31-12-13-33-21/h2-9,15-16,21,25-26,31,33H,10-14,30H2,1H3,(H,34,35)/t21-,25?,26-/m0/s1. The average molecular weight is 480 g/mol. The number of benzene rings is 2. The van der Waals surface area contributed by atoms with E-state index in [-0.39, 0.29) is 11.9 Å². The molecule has 1 aliphatic rings. The van der Waals surface area contributed by atoms with Gasteiger partial charge in [0.1, 0.15) is 11.6 Å². The van der Waals surface area contributed by atoms with Crippen molar-refractivity contribution in [1.82, 2.24) is 15.6 Å². The summed E-state index contributed by atoms with van der Waals surface area (Å²) in [5.41, 5.74) is 9.83. The molecule has 1 amide bonds. The number of halogens is 2. The van der Waals surface area contributed by atoms with Crippen LogP contribution in [0.25, 0.3) is 0 Å². The number of aryl methyl sites for hydroxylation is 1. The lowest BCUT2D eigenvalue weighted by Crippen LogP contribution is -2.48. The number of pyridine rings is 1. The number of carbonyl (C=O) groups excluding carboxylic acids is 1. The van der Waals surface area contributed by atoms with Gasteiger partial charge in [0.25, 0.3) is 0 Å². The van der Waals surface area contributed by atoms with Gasteiger partial charge in [-0.15, -0.1) is 0 Å². The van der Waals surface area contributed by atoms with E-state index in [9.17, 15) is 13.6 Å². The second-order valence-electron chi connectivity index (χ2n) is 9.00. The number of hydrogen-bond acceptors (Lipinski definition) is 5. The van der Waals surface area contributed by atoms with Crippen molar-refractivity contribution in [3.63, 3.8) is 0 Å². The van der Waals surface area contributed by atoms with Crippen LogP contribution in [0.15, 0.2) is 60.9 Å². The van der Waals surface area contributed by atoms with Crippen molar-refractivity contribution in [3.05, 3.63) is 94.8 Å². The zero-order chi connectivity index (χ0) is 24.8. The highest BCUT2D eigenvalue weighted by molar-refractivity contribution is 5.96. The summed E-state index contributed by atoms with van der Waals surface area (Å²) in [6.45, 7) is 4.57. The fourth-order valence-electron chi connectivity index (χ4n) is 4.48. The molecular weight excluding hydrogens is 448 g/mol. The quantitative estimate of drug-likeness (QED) is 0.398. The predicted octanol–water partition coefficient (Wildman–Crippen LogP) is 3.26. The van der Waals surface area contributed by atoms with Gasteiger partial charge in [-0.25, -0.2) is 8.78 Å². The number of amides is 1. The zero-order valence-electron chi connectivity index (χ0n) is 19.7. The molecule has 0 aliphatic carbocycles. The van der Waals surface area contributed by atoms with Crippen molar-refractivity contribution in [3.8, 4) is 0 Å². The maximum atomic E-state index is 14.7. The van der Waals surface area contributed by atoms with E-state index in [1.807, 2.05) is 31.2 Å². The van der Waals surface area contributed by atoms with Gasteiger partial charge in [-0.3, -0.25) is 9.78 Å². The Kier molecular flexibility index (Phi) is 8.17. The summed E-state index contributed by atoms with van der Waals surface area (Å²) in [5, 5.41) is 9.54. The van der Waals surface area contributed by atoms with Crippen LogP contribution in [0.2, 0.25) is 0 Å². The van der Waals surface area contributed by atoms with Gasteiger partial charge in [0.15, 0.2) is 0 Å². The van der Waals surface area contributed by atoms with Crippen molar-refractivity contribution in [2.24, 2.45) is 5.73 Å². The van der Waals surface area contributed by atoms with E-state index >= 15 is 0 Å². The minimum absolute atomic E-state index is 0.228. The van der Waals surface area contributed by atoms with Crippen molar-refractivity contribution >= 4 is 11.6 Å². The molecule has 0 bridgehead atoms. The molecule has 3 aromatic rings. The Morgan fingerprint density at radius 2 is 1.77 bits per heavy atom. The molecule has 2 heterocycles. The number of carbonyl (C=O) groups is 1. The Balaban J connectivity index is 1.56. The van der Waals surface area contributed by atoms with E-state index in [1.165, 1.54) is 18.3 Å². The number of nitrogens with one attached hydrogen (secondary N) is 3. The third-order valence-electron chi connectivity index (χ3n) is 6.46. The molecule has 1 fully saturated rings. The van der Waals surface area contributed by atoms with Crippen LogP contribution in [-0.4, -0.2) is 42.6 Å². The Labute approximate surface area is 204 Å². The molecule has 6 nitrogen and oxygen atoms in total. The number of piperazine rings is 1. The van der Waals surface area contributed by atoms with Gasteiger partial charge in [0, 0.05) is 37.2 Å². The lowest BCUT2D eigenvalue weighted by atomic mass is 9.84. The van der Waals surface area contributed by atoms with Crippen LogP contribution in [0.5, 0.6) is 0 Å². The maximum absolute atomic E-state index is 14.7. The van der Waals surface area contributed by atoms with E-state index in [1.54, 1.807) is 12.1 Å². The second kappa shape index (κ2) is 11.5. The first-order valence-corrected chi connectivity index (χ1v) is 11.9. The predicted molar refractivity (Wildman–Crippen MR) is 133 cm³/mol. The molecule has 2 aromatic carbocycles. The summed E-state index contributed by atoms with van der Waals surface area (Å²) >= 11 is 0. The lowest BCUT2D eigenvalue weighted by molar-refractivity contribution is -0.117. The average Bonchev–Trinajstić information content (AvgIpc) is 2.86. The van der Waals surface area contributed by atoms with Crippen molar-refractivity contribution < 1.29 is 13.6 Å². The first-order valence-electron chi connectivity index (χ1n) is 11.9. The molecule has 1 aliphatic heterocycles. The maximum Gasteiger partial charge on any atom is 0.242 e. The van der Waals surface area contributed by atoms with Gasteiger partial charge in [0.05, 0.1) is 24.1 Å². The number of aromatic nitrogens is 1. The highest BCUT2D eigenvalue weighted by Crippen LogP contribution is 2.29. The molecule has 4 rings (SSSR count). The van der Waals surface area contributed by atoms with E-state index in [2.05, 4.69) is 20.9 Å². The van der Waals surface area contributed by atoms with Crippen LogP contribution in [-0.2, 0) is 11.2 Å². The molecule has 1 unspecified atom stereocenters. The minimum atomic E-state index is -0.997. The van der Waals surface area contributed by atoms with Crippen LogP contribution in [0.3, 0.4) is 0 Å². The van der Waals surface area contributed by atoms with E-state index in [0.717, 1.165) is 37.0 Å². The van der Waals surface area contributed by atoms with E-state index in [4.69, 9.17) is 5.73 Å². The van der Waals surface area contributed by atoms with Crippen LogP contribution < -0.4 is 21.7 Å². The number of rotatable bonds is 8. The lowest BCUT2D eigenvalue weighted by Gasteiger charge is -2.26. The summed E-state index contributed by atoms with van der Waals surface area (Å²) < 4.78 is 28.3. The normalized spacial score (nSPS) is 17.5. The van der Waals surface area contributed by atoms with Crippen LogP contribution in [0, 0.1) is 18.6 Å². The third-order valence-corrected chi connectivity index (χ3v) is 6.46. The molecule has 5 N–H and O–H groups in total. The van der Waals surface area contributed by atoms with Crippen LogP contribution in [0.1, 0.15) is 34.6 Å². The van der Waals surface area contributed by atoms with Gasteiger partial charge in [-0.1, -0.05) is 42.0 Å². The summed E-state index contributed by atoms with van der Waals surface area (Å²) in [7, 11) is 0. The van der Waals surface area contributed by atoms with Gasteiger partial charge >= 0.3 is 0 Å². The van der Waals surface area contributed by atoms with E-state index in [0.29, 0.717) is 29.7 Å². The zero-order valence-corrected chi connectivity index (χ0v) is 19.7. The van der Waals surface area contributed by atoms with Gasteiger partial charge in [0.2, 0.25) is 5.91 Å². The minimum Gasteiger partial charge on any atom is -0.323 e. The van der Waals surface area contributed by atoms with Gasteiger partial charge in [-0.05, 0) is 43.0 Å². The largest absolute Gasteiger partial charge is 0.323 e. The first kappa shape index (κ1) is 24.9. The molecule has 0 saturated carbocycles. The molecule has 3 atom stereocenters. The smallest absolute Gasteiger partial charge is 0.242 e. The van der Waals surface area contributed by atoms with E-state index < -0.39 is 23.7 Å². The number of nitrogens with zero attached hydrogens (tertiary/aromatic N) is 1. The monoisotopic (exact) mass is 479 g/mol. The summed E-state index contributed by atoms with van der Waals surface area (Å²) in [5.74, 6) is -1.81. The topological polar surface area (TPSA) is 92.1 Å². The molecule has 0 spiro atoms. The molecule has 0 radical (unpaired) electrons. The molecule has 184 valence electrons. The van der Waals surface area contributed by atoms with Crippen LogP contribution in [0.4, 0.5) is 14.5 Å². The van der Waals surface area contributed by atoms with Gasteiger partial charge < -0.3 is 21.7 Å². The molecule has 1 aromatic heterocycles. The third kappa shape index (κ3) is 6.28. The Bertz CT molecular complexity index is 1090.